The Bertz CT molecular complexity index is 726. The number of likely N-dealkylation sites (tertiary alicyclic amines) is 1. The van der Waals surface area contributed by atoms with Crippen molar-refractivity contribution in [3.63, 3.8) is 0 Å². The van der Waals surface area contributed by atoms with Crippen molar-refractivity contribution in [1.29, 1.82) is 0 Å². The number of carbonyl (C=O) groups excluding carboxylic acids is 1. The van der Waals surface area contributed by atoms with Crippen molar-refractivity contribution in [2.24, 2.45) is 0 Å². The lowest BCUT2D eigenvalue weighted by Gasteiger charge is -2.39. The Morgan fingerprint density at radius 1 is 1.08 bits per heavy atom. The van der Waals surface area contributed by atoms with Crippen molar-refractivity contribution in [1.82, 2.24) is 4.90 Å². The first-order chi connectivity index (χ1) is 11.3. The van der Waals surface area contributed by atoms with E-state index in [9.17, 15) is 4.79 Å². The molecule has 0 unspecified atom stereocenters. The number of amides is 1. The SMILES string of the molecule is CC(C)(C)c1ccccc1OC1CN(C(=O)c2ccc(N)cc2)C1. The molecule has 24 heavy (non-hydrogen) atoms. The molecule has 0 aliphatic carbocycles. The van der Waals surface area contributed by atoms with Gasteiger partial charge in [-0.1, -0.05) is 39.0 Å². The third-order valence-electron chi connectivity index (χ3n) is 4.28. The van der Waals surface area contributed by atoms with Crippen molar-refractivity contribution in [3.05, 3.63) is 59.7 Å². The Balaban J connectivity index is 1.62. The van der Waals surface area contributed by atoms with Crippen LogP contribution in [0, 0.1) is 0 Å². The van der Waals surface area contributed by atoms with Crippen LogP contribution in [-0.2, 0) is 5.41 Å². The van der Waals surface area contributed by atoms with Gasteiger partial charge in [0.05, 0.1) is 13.1 Å². The Morgan fingerprint density at radius 3 is 2.33 bits per heavy atom. The van der Waals surface area contributed by atoms with Gasteiger partial charge in [-0.25, -0.2) is 0 Å². The van der Waals surface area contributed by atoms with Gasteiger partial charge < -0.3 is 15.4 Å². The van der Waals surface area contributed by atoms with Crippen molar-refractivity contribution in [3.8, 4) is 5.75 Å². The molecule has 1 aliphatic heterocycles. The second kappa shape index (κ2) is 6.19. The zero-order valence-electron chi connectivity index (χ0n) is 14.5. The van der Waals surface area contributed by atoms with Crippen LogP contribution >= 0.6 is 0 Å². The lowest BCUT2D eigenvalue weighted by Crippen LogP contribution is -2.56. The van der Waals surface area contributed by atoms with Crippen LogP contribution in [0.3, 0.4) is 0 Å². The maximum absolute atomic E-state index is 12.4. The molecule has 1 heterocycles. The molecule has 2 N–H and O–H groups in total. The molecule has 2 aromatic rings. The molecule has 3 rings (SSSR count). The summed E-state index contributed by atoms with van der Waals surface area (Å²) >= 11 is 0. The number of benzene rings is 2. The molecule has 126 valence electrons. The normalized spacial score (nSPS) is 15.0. The average molecular weight is 324 g/mol. The van der Waals surface area contributed by atoms with Crippen LogP contribution < -0.4 is 10.5 Å². The predicted octanol–water partition coefficient (Wildman–Crippen LogP) is 3.47. The van der Waals surface area contributed by atoms with Gasteiger partial charge in [-0.05, 0) is 41.3 Å². The molecule has 1 saturated heterocycles. The van der Waals surface area contributed by atoms with Crippen molar-refractivity contribution in [2.45, 2.75) is 32.3 Å². The van der Waals surface area contributed by atoms with Gasteiger partial charge >= 0.3 is 0 Å². The van der Waals surface area contributed by atoms with Gasteiger partial charge in [0.1, 0.15) is 11.9 Å². The number of nitrogens with zero attached hydrogens (tertiary/aromatic N) is 1. The average Bonchev–Trinajstić information content (AvgIpc) is 2.50. The summed E-state index contributed by atoms with van der Waals surface area (Å²) in [7, 11) is 0. The van der Waals surface area contributed by atoms with E-state index in [1.54, 1.807) is 29.2 Å². The monoisotopic (exact) mass is 324 g/mol. The van der Waals surface area contributed by atoms with Crippen LogP contribution in [0.1, 0.15) is 36.7 Å². The third-order valence-corrected chi connectivity index (χ3v) is 4.28. The number of rotatable bonds is 3. The van der Waals surface area contributed by atoms with E-state index in [2.05, 4.69) is 26.8 Å². The van der Waals surface area contributed by atoms with Gasteiger partial charge in [-0.2, -0.15) is 0 Å². The second-order valence-corrected chi connectivity index (χ2v) is 7.32. The van der Waals surface area contributed by atoms with Crippen LogP contribution in [-0.4, -0.2) is 30.0 Å². The molecule has 0 radical (unpaired) electrons. The number of para-hydroxylation sites is 1. The van der Waals surface area contributed by atoms with Crippen molar-refractivity contribution < 1.29 is 9.53 Å². The second-order valence-electron chi connectivity index (χ2n) is 7.32. The fourth-order valence-electron chi connectivity index (χ4n) is 2.86. The van der Waals surface area contributed by atoms with Gasteiger partial charge in [0, 0.05) is 11.3 Å². The van der Waals surface area contributed by atoms with Gasteiger partial charge in [0.25, 0.3) is 5.91 Å². The van der Waals surface area contributed by atoms with Crippen molar-refractivity contribution >= 4 is 11.6 Å². The molecule has 4 nitrogen and oxygen atoms in total. The van der Waals surface area contributed by atoms with Gasteiger partial charge in [-0.3, -0.25) is 4.79 Å². The Hall–Kier alpha value is -2.49. The number of anilines is 1. The summed E-state index contributed by atoms with van der Waals surface area (Å²) in [5.74, 6) is 0.938. The molecule has 0 atom stereocenters. The first-order valence-electron chi connectivity index (χ1n) is 8.25. The van der Waals surface area contributed by atoms with Crippen LogP contribution in [0.5, 0.6) is 5.75 Å². The number of hydrogen-bond donors (Lipinski definition) is 1. The van der Waals surface area contributed by atoms with Crippen LogP contribution in [0.2, 0.25) is 0 Å². The molecule has 2 aromatic carbocycles. The maximum Gasteiger partial charge on any atom is 0.254 e. The number of nitrogen functional groups attached to an aromatic ring is 1. The zero-order valence-corrected chi connectivity index (χ0v) is 14.5. The molecular weight excluding hydrogens is 300 g/mol. The molecule has 0 aromatic heterocycles. The Morgan fingerprint density at radius 2 is 1.71 bits per heavy atom. The molecule has 0 bridgehead atoms. The van der Waals surface area contributed by atoms with E-state index in [1.807, 2.05) is 18.2 Å². The summed E-state index contributed by atoms with van der Waals surface area (Å²) in [6.45, 7) is 7.75. The van der Waals surface area contributed by atoms with Crippen LogP contribution in [0.25, 0.3) is 0 Å². The standard InChI is InChI=1S/C20H24N2O2/c1-20(2,3)17-6-4-5-7-18(17)24-16-12-22(13-16)19(23)14-8-10-15(21)11-9-14/h4-11,16H,12-13,21H2,1-3H3. The largest absolute Gasteiger partial charge is 0.486 e. The molecule has 0 saturated carbocycles. The minimum Gasteiger partial charge on any atom is -0.486 e. The van der Waals surface area contributed by atoms with Gasteiger partial charge in [0.15, 0.2) is 0 Å². The first kappa shape index (κ1) is 16.4. The zero-order chi connectivity index (χ0) is 17.3. The molecular formula is C20H24N2O2. The van der Waals surface area contributed by atoms with E-state index in [1.165, 1.54) is 5.56 Å². The highest BCUT2D eigenvalue weighted by Crippen LogP contribution is 2.32. The Labute approximate surface area is 143 Å². The Kier molecular flexibility index (Phi) is 4.22. The molecule has 1 fully saturated rings. The van der Waals surface area contributed by atoms with E-state index < -0.39 is 0 Å². The smallest absolute Gasteiger partial charge is 0.254 e. The number of hydrogen-bond acceptors (Lipinski definition) is 3. The van der Waals surface area contributed by atoms with Crippen LogP contribution in [0.4, 0.5) is 5.69 Å². The predicted molar refractivity (Wildman–Crippen MR) is 96.3 cm³/mol. The number of carbonyl (C=O) groups is 1. The maximum atomic E-state index is 12.4. The highest BCUT2D eigenvalue weighted by Gasteiger charge is 2.33. The summed E-state index contributed by atoms with van der Waals surface area (Å²) in [5, 5.41) is 0. The van der Waals surface area contributed by atoms with E-state index in [-0.39, 0.29) is 17.4 Å². The summed E-state index contributed by atoms with van der Waals surface area (Å²) in [5.41, 5.74) is 8.20. The minimum atomic E-state index is 0.0268. The third kappa shape index (κ3) is 3.37. The highest BCUT2D eigenvalue weighted by molar-refractivity contribution is 5.95. The van der Waals surface area contributed by atoms with E-state index in [0.29, 0.717) is 24.3 Å². The fraction of sp³-hybridized carbons (Fsp3) is 0.350. The lowest BCUT2D eigenvalue weighted by molar-refractivity contribution is 0.0171. The first-order valence-corrected chi connectivity index (χ1v) is 8.25. The molecule has 1 amide bonds. The van der Waals surface area contributed by atoms with E-state index >= 15 is 0 Å². The minimum absolute atomic E-state index is 0.0268. The molecule has 0 spiro atoms. The van der Waals surface area contributed by atoms with Crippen molar-refractivity contribution in [2.75, 3.05) is 18.8 Å². The van der Waals surface area contributed by atoms with Crippen LogP contribution in [0.15, 0.2) is 48.5 Å². The molecule has 1 aliphatic rings. The summed E-state index contributed by atoms with van der Waals surface area (Å²) < 4.78 is 6.13. The highest BCUT2D eigenvalue weighted by atomic mass is 16.5. The topological polar surface area (TPSA) is 55.6 Å². The summed E-state index contributed by atoms with van der Waals surface area (Å²) in [4.78, 5) is 14.2. The lowest BCUT2D eigenvalue weighted by atomic mass is 9.86. The number of ether oxygens (including phenoxy) is 1. The summed E-state index contributed by atoms with van der Waals surface area (Å²) in [6, 6.07) is 15.2. The van der Waals surface area contributed by atoms with E-state index in [4.69, 9.17) is 10.5 Å². The van der Waals surface area contributed by atoms with E-state index in [0.717, 1.165) is 5.75 Å². The van der Waals surface area contributed by atoms with Gasteiger partial charge in [0.2, 0.25) is 0 Å². The quantitative estimate of drug-likeness (QED) is 0.880. The summed E-state index contributed by atoms with van der Waals surface area (Å²) in [6.07, 6.45) is 0.0474. The number of nitrogens with two attached hydrogens (primary N) is 1. The fourth-order valence-corrected chi connectivity index (χ4v) is 2.86. The van der Waals surface area contributed by atoms with Gasteiger partial charge in [-0.15, -0.1) is 0 Å². The molecule has 4 heteroatoms.